The molecule has 3 rings (SSSR count). The monoisotopic (exact) mass is 288 g/mol. The molecule has 22 heavy (non-hydrogen) atoms. The van der Waals surface area contributed by atoms with Crippen LogP contribution in [0.4, 0.5) is 17.1 Å². The summed E-state index contributed by atoms with van der Waals surface area (Å²) >= 11 is 0. The Balaban J connectivity index is 2.14. The molecule has 0 heterocycles. The predicted octanol–water partition coefficient (Wildman–Crippen LogP) is 3.88. The largest absolute Gasteiger partial charge is 0.399 e. The van der Waals surface area contributed by atoms with Gasteiger partial charge in [-0.15, -0.1) is 0 Å². The summed E-state index contributed by atoms with van der Waals surface area (Å²) in [6, 6.07) is 20.9. The molecular formula is C19H18N3. The van der Waals surface area contributed by atoms with E-state index in [1.807, 2.05) is 61.5 Å². The first-order valence-electron chi connectivity index (χ1n) is 7.09. The second-order valence-corrected chi connectivity index (χ2v) is 5.38. The lowest BCUT2D eigenvalue weighted by atomic mass is 9.93. The second-order valence-electron chi connectivity index (χ2n) is 5.38. The van der Waals surface area contributed by atoms with Crippen LogP contribution in [0.5, 0.6) is 0 Å². The molecule has 0 fully saturated rings. The Morgan fingerprint density at radius 2 is 1.23 bits per heavy atom. The molecule has 3 aromatic rings. The molecule has 0 aromatic heterocycles. The van der Waals surface area contributed by atoms with Crippen molar-refractivity contribution in [2.24, 2.45) is 0 Å². The zero-order chi connectivity index (χ0) is 15.7. The summed E-state index contributed by atoms with van der Waals surface area (Å²) in [6.45, 7) is 2.00. The van der Waals surface area contributed by atoms with Gasteiger partial charge in [-0.25, -0.2) is 0 Å². The Morgan fingerprint density at radius 3 is 1.77 bits per heavy atom. The van der Waals surface area contributed by atoms with Gasteiger partial charge in [0.1, 0.15) is 0 Å². The minimum atomic E-state index is 0.739. The lowest BCUT2D eigenvalue weighted by Crippen LogP contribution is -1.95. The van der Waals surface area contributed by atoms with Gasteiger partial charge >= 0.3 is 0 Å². The molecule has 0 amide bonds. The molecule has 0 saturated heterocycles. The van der Waals surface area contributed by atoms with Gasteiger partial charge in [-0.3, -0.25) is 0 Å². The molecule has 0 spiro atoms. The first kappa shape index (κ1) is 14.0. The topological polar surface area (TPSA) is 78.1 Å². The zero-order valence-corrected chi connectivity index (χ0v) is 12.4. The third-order valence-electron chi connectivity index (χ3n) is 3.79. The van der Waals surface area contributed by atoms with Crippen LogP contribution in [0.2, 0.25) is 0 Å². The summed E-state index contributed by atoms with van der Waals surface area (Å²) in [5.74, 6) is 0. The van der Waals surface area contributed by atoms with E-state index in [1.165, 1.54) is 0 Å². The molecule has 0 aliphatic carbocycles. The van der Waals surface area contributed by atoms with E-state index in [9.17, 15) is 0 Å². The van der Waals surface area contributed by atoms with Crippen molar-refractivity contribution < 1.29 is 0 Å². The molecular weight excluding hydrogens is 270 g/mol. The van der Waals surface area contributed by atoms with Crippen LogP contribution >= 0.6 is 0 Å². The van der Waals surface area contributed by atoms with Gasteiger partial charge in [-0.2, -0.15) is 0 Å². The molecule has 6 N–H and O–H groups in total. The highest BCUT2D eigenvalue weighted by atomic mass is 14.6. The van der Waals surface area contributed by atoms with Crippen LogP contribution in [0.1, 0.15) is 5.56 Å². The Labute approximate surface area is 130 Å². The van der Waals surface area contributed by atoms with Crippen molar-refractivity contribution in [3.05, 3.63) is 66.2 Å². The van der Waals surface area contributed by atoms with Gasteiger partial charge in [-0.05, 0) is 71.1 Å². The molecule has 0 unspecified atom stereocenters. The lowest BCUT2D eigenvalue weighted by Gasteiger charge is -2.12. The molecule has 0 bridgehead atoms. The summed E-state index contributed by atoms with van der Waals surface area (Å²) in [4.78, 5) is 0. The standard InChI is InChI=1S/C19H18N3/c1-12-18(14-4-8-17(21)9-5-14)10-15(11-19(12)22)13-2-6-16(20)7-3-13/h2-9,11H,20-22H2,1H3. The van der Waals surface area contributed by atoms with Crippen molar-refractivity contribution in [1.82, 2.24) is 0 Å². The number of benzene rings is 3. The maximum atomic E-state index is 6.19. The highest BCUT2D eigenvalue weighted by Crippen LogP contribution is 2.33. The van der Waals surface area contributed by atoms with E-state index in [0.29, 0.717) is 0 Å². The summed E-state index contributed by atoms with van der Waals surface area (Å²) in [6.07, 6.45) is 0. The average Bonchev–Trinajstić information content (AvgIpc) is 2.52. The van der Waals surface area contributed by atoms with E-state index in [1.54, 1.807) is 0 Å². The fraction of sp³-hybridized carbons (Fsp3) is 0.0526. The van der Waals surface area contributed by atoms with Gasteiger partial charge in [0, 0.05) is 17.1 Å². The quantitative estimate of drug-likeness (QED) is 0.626. The van der Waals surface area contributed by atoms with Crippen LogP contribution in [-0.2, 0) is 0 Å². The molecule has 109 valence electrons. The number of nitrogens with two attached hydrogens (primary N) is 3. The summed E-state index contributed by atoms with van der Waals surface area (Å²) in [7, 11) is 0. The van der Waals surface area contributed by atoms with Gasteiger partial charge in [0.2, 0.25) is 0 Å². The van der Waals surface area contributed by atoms with E-state index >= 15 is 0 Å². The maximum Gasteiger partial charge on any atom is 0.0356 e. The molecule has 1 radical (unpaired) electrons. The number of hydrogen-bond donors (Lipinski definition) is 3. The van der Waals surface area contributed by atoms with E-state index in [0.717, 1.165) is 44.9 Å². The van der Waals surface area contributed by atoms with Gasteiger partial charge in [0.05, 0.1) is 0 Å². The molecule has 0 atom stereocenters. The van der Waals surface area contributed by atoms with E-state index < -0.39 is 0 Å². The number of rotatable bonds is 2. The minimum absolute atomic E-state index is 0.739. The Morgan fingerprint density at radius 1 is 0.727 bits per heavy atom. The van der Waals surface area contributed by atoms with Crippen molar-refractivity contribution >= 4 is 17.1 Å². The average molecular weight is 288 g/mol. The number of nitrogen functional groups attached to an aromatic ring is 3. The maximum absolute atomic E-state index is 6.19. The first-order chi connectivity index (χ1) is 10.5. The third kappa shape index (κ3) is 2.61. The van der Waals surface area contributed by atoms with Gasteiger partial charge in [0.25, 0.3) is 0 Å². The van der Waals surface area contributed by atoms with Crippen molar-refractivity contribution in [3.63, 3.8) is 0 Å². The normalized spacial score (nSPS) is 10.6. The smallest absolute Gasteiger partial charge is 0.0356 e. The Kier molecular flexibility index (Phi) is 3.47. The highest BCUT2D eigenvalue weighted by molar-refractivity contribution is 5.80. The second kappa shape index (κ2) is 5.45. The van der Waals surface area contributed by atoms with E-state index in [4.69, 9.17) is 17.2 Å². The van der Waals surface area contributed by atoms with Crippen molar-refractivity contribution in [2.45, 2.75) is 6.92 Å². The van der Waals surface area contributed by atoms with Crippen LogP contribution in [0.25, 0.3) is 22.3 Å². The summed E-state index contributed by atoms with van der Waals surface area (Å²) in [5, 5.41) is 0. The fourth-order valence-electron chi connectivity index (χ4n) is 2.43. The molecule has 3 aromatic carbocycles. The Bertz CT molecular complexity index is 803. The van der Waals surface area contributed by atoms with Crippen LogP contribution in [-0.4, -0.2) is 0 Å². The fourth-order valence-corrected chi connectivity index (χ4v) is 2.43. The van der Waals surface area contributed by atoms with Gasteiger partial charge in [0.15, 0.2) is 0 Å². The zero-order valence-electron chi connectivity index (χ0n) is 12.4. The van der Waals surface area contributed by atoms with Crippen LogP contribution in [0.15, 0.2) is 54.6 Å². The predicted molar refractivity (Wildman–Crippen MR) is 94.1 cm³/mol. The minimum Gasteiger partial charge on any atom is -0.399 e. The molecule has 0 saturated carbocycles. The van der Waals surface area contributed by atoms with Crippen molar-refractivity contribution in [1.29, 1.82) is 0 Å². The van der Waals surface area contributed by atoms with Gasteiger partial charge < -0.3 is 17.2 Å². The molecule has 3 heteroatoms. The van der Waals surface area contributed by atoms with Gasteiger partial charge in [-0.1, -0.05) is 24.3 Å². The van der Waals surface area contributed by atoms with Crippen LogP contribution in [0, 0.1) is 13.0 Å². The van der Waals surface area contributed by atoms with Crippen molar-refractivity contribution in [3.8, 4) is 22.3 Å². The summed E-state index contributed by atoms with van der Waals surface area (Å²) in [5.41, 5.74) is 25.0. The van der Waals surface area contributed by atoms with E-state index in [-0.39, 0.29) is 0 Å². The SMILES string of the molecule is Cc1c(-c2ccc(N)cc2)[c]c(-c2ccc(N)cc2)cc1N. The van der Waals surface area contributed by atoms with Crippen LogP contribution in [0.3, 0.4) is 0 Å². The summed E-state index contributed by atoms with van der Waals surface area (Å²) < 4.78 is 0. The van der Waals surface area contributed by atoms with Crippen LogP contribution < -0.4 is 17.2 Å². The number of anilines is 3. The first-order valence-corrected chi connectivity index (χ1v) is 7.09. The van der Waals surface area contributed by atoms with Crippen molar-refractivity contribution in [2.75, 3.05) is 17.2 Å². The lowest BCUT2D eigenvalue weighted by molar-refractivity contribution is 1.45. The molecule has 0 aliphatic heterocycles. The molecule has 0 aliphatic rings. The highest BCUT2D eigenvalue weighted by Gasteiger charge is 2.09. The third-order valence-corrected chi connectivity index (χ3v) is 3.79. The van der Waals surface area contributed by atoms with E-state index in [2.05, 4.69) is 6.07 Å². The number of hydrogen-bond acceptors (Lipinski definition) is 3. The molecule has 3 nitrogen and oxygen atoms in total. The Hall–Kier alpha value is -2.94.